The molecule has 1 unspecified atom stereocenters. The average Bonchev–Trinajstić information content (AvgIpc) is 2.86. The summed E-state index contributed by atoms with van der Waals surface area (Å²) in [5.41, 5.74) is 2.79. The molecule has 6 heteroatoms. The van der Waals surface area contributed by atoms with Gasteiger partial charge in [-0.25, -0.2) is 8.42 Å². The lowest BCUT2D eigenvalue weighted by molar-refractivity contribution is 0.0987. The number of ketones is 1. The van der Waals surface area contributed by atoms with Gasteiger partial charge in [0, 0.05) is 29.0 Å². The minimum absolute atomic E-state index is 0.0271. The van der Waals surface area contributed by atoms with E-state index in [0.29, 0.717) is 12.5 Å². The Balaban J connectivity index is 2.03. The van der Waals surface area contributed by atoms with Crippen LogP contribution in [0.4, 0.5) is 0 Å². The molecule has 0 bridgehead atoms. The highest BCUT2D eigenvalue weighted by atomic mass is 32.2. The van der Waals surface area contributed by atoms with Crippen LogP contribution in [0, 0.1) is 13.8 Å². The van der Waals surface area contributed by atoms with E-state index in [1.54, 1.807) is 0 Å². The van der Waals surface area contributed by atoms with Crippen LogP contribution in [0.5, 0.6) is 0 Å². The monoisotopic (exact) mass is 312 g/mol. The molecule has 0 aliphatic carbocycles. The SMILES string of the molecule is Cc1cc(C(=O)CNC2CCS(=O)(=O)C2)c(C)n1C(C)C. The second-order valence-corrected chi connectivity index (χ2v) is 8.38. The number of sulfone groups is 1. The second-order valence-electron chi connectivity index (χ2n) is 6.15. The molecule has 2 rings (SSSR count). The molecule has 1 N–H and O–H groups in total. The van der Waals surface area contributed by atoms with Crippen molar-refractivity contribution in [3.8, 4) is 0 Å². The zero-order valence-corrected chi connectivity index (χ0v) is 14.0. The summed E-state index contributed by atoms with van der Waals surface area (Å²) >= 11 is 0. The van der Waals surface area contributed by atoms with Gasteiger partial charge in [0.1, 0.15) is 0 Å². The predicted octanol–water partition coefficient (Wildman–Crippen LogP) is 1.65. The van der Waals surface area contributed by atoms with Crippen LogP contribution in [-0.2, 0) is 9.84 Å². The molecule has 1 aliphatic heterocycles. The maximum Gasteiger partial charge on any atom is 0.178 e. The van der Waals surface area contributed by atoms with Crippen molar-refractivity contribution in [2.75, 3.05) is 18.1 Å². The van der Waals surface area contributed by atoms with Crippen LogP contribution >= 0.6 is 0 Å². The van der Waals surface area contributed by atoms with Crippen molar-refractivity contribution < 1.29 is 13.2 Å². The first-order valence-electron chi connectivity index (χ1n) is 7.36. The Bertz CT molecular complexity index is 644. The largest absolute Gasteiger partial charge is 0.346 e. The number of Topliss-reactive ketones (excluding diaryl/α,β-unsaturated/α-hetero) is 1. The molecular formula is C15H24N2O3S. The first kappa shape index (κ1) is 16.2. The van der Waals surface area contributed by atoms with Gasteiger partial charge < -0.3 is 9.88 Å². The number of carbonyl (C=O) groups excluding carboxylic acids is 1. The third kappa shape index (κ3) is 3.55. The van der Waals surface area contributed by atoms with E-state index in [0.717, 1.165) is 17.0 Å². The fourth-order valence-corrected chi connectivity index (χ4v) is 4.85. The second kappa shape index (κ2) is 5.93. The smallest absolute Gasteiger partial charge is 0.178 e. The Labute approximate surface area is 126 Å². The molecule has 1 fully saturated rings. The zero-order valence-electron chi connectivity index (χ0n) is 13.1. The van der Waals surface area contributed by atoms with Crippen molar-refractivity contribution in [2.45, 2.75) is 46.2 Å². The predicted molar refractivity (Wildman–Crippen MR) is 83.7 cm³/mol. The fraction of sp³-hybridized carbons (Fsp3) is 0.667. The first-order chi connectivity index (χ1) is 9.71. The maximum absolute atomic E-state index is 12.3. The van der Waals surface area contributed by atoms with Gasteiger partial charge in [-0.1, -0.05) is 0 Å². The quantitative estimate of drug-likeness (QED) is 0.839. The summed E-state index contributed by atoms with van der Waals surface area (Å²) in [6.45, 7) is 8.34. The molecule has 118 valence electrons. The molecule has 1 aromatic heterocycles. The van der Waals surface area contributed by atoms with Gasteiger partial charge in [0.25, 0.3) is 0 Å². The van der Waals surface area contributed by atoms with Gasteiger partial charge in [-0.2, -0.15) is 0 Å². The number of rotatable bonds is 5. The summed E-state index contributed by atoms with van der Waals surface area (Å²) < 4.78 is 25.0. The molecule has 0 radical (unpaired) electrons. The lowest BCUT2D eigenvalue weighted by atomic mass is 10.1. The van der Waals surface area contributed by atoms with Crippen molar-refractivity contribution in [3.63, 3.8) is 0 Å². The van der Waals surface area contributed by atoms with Crippen molar-refractivity contribution in [2.24, 2.45) is 0 Å². The van der Waals surface area contributed by atoms with Gasteiger partial charge in [0.05, 0.1) is 18.1 Å². The molecule has 21 heavy (non-hydrogen) atoms. The van der Waals surface area contributed by atoms with E-state index in [9.17, 15) is 13.2 Å². The summed E-state index contributed by atoms with van der Waals surface area (Å²) in [5.74, 6) is 0.394. The summed E-state index contributed by atoms with van der Waals surface area (Å²) in [5, 5.41) is 3.08. The van der Waals surface area contributed by atoms with E-state index in [1.807, 2.05) is 19.9 Å². The van der Waals surface area contributed by atoms with Crippen LogP contribution in [-0.4, -0.2) is 42.9 Å². The Morgan fingerprint density at radius 3 is 2.57 bits per heavy atom. The van der Waals surface area contributed by atoms with Gasteiger partial charge >= 0.3 is 0 Å². The zero-order chi connectivity index (χ0) is 15.8. The molecule has 1 aromatic rings. The average molecular weight is 312 g/mol. The number of aromatic nitrogens is 1. The molecule has 1 aliphatic rings. The summed E-state index contributed by atoms with van der Waals surface area (Å²) in [6, 6.07) is 2.15. The highest BCUT2D eigenvalue weighted by Crippen LogP contribution is 2.20. The van der Waals surface area contributed by atoms with Crippen molar-refractivity contribution in [1.82, 2.24) is 9.88 Å². The highest BCUT2D eigenvalue weighted by molar-refractivity contribution is 7.91. The Morgan fingerprint density at radius 1 is 1.43 bits per heavy atom. The van der Waals surface area contributed by atoms with Gasteiger partial charge in [0.2, 0.25) is 0 Å². The standard InChI is InChI=1S/C15H24N2O3S/c1-10(2)17-11(3)7-14(12(17)4)15(18)8-16-13-5-6-21(19,20)9-13/h7,10,13,16H,5-6,8-9H2,1-4H3. The number of nitrogens with zero attached hydrogens (tertiary/aromatic N) is 1. The van der Waals surface area contributed by atoms with Crippen LogP contribution in [0.15, 0.2) is 6.07 Å². The lowest BCUT2D eigenvalue weighted by Gasteiger charge is -2.14. The van der Waals surface area contributed by atoms with Gasteiger partial charge in [-0.05, 0) is 40.2 Å². The van der Waals surface area contributed by atoms with Crippen LogP contribution in [0.3, 0.4) is 0 Å². The molecular weight excluding hydrogens is 288 g/mol. The van der Waals surface area contributed by atoms with E-state index in [2.05, 4.69) is 23.7 Å². The molecule has 0 aromatic carbocycles. The van der Waals surface area contributed by atoms with Crippen LogP contribution in [0.2, 0.25) is 0 Å². The third-order valence-electron chi connectivity index (χ3n) is 4.08. The van der Waals surface area contributed by atoms with Crippen LogP contribution in [0.25, 0.3) is 0 Å². The number of hydrogen-bond acceptors (Lipinski definition) is 4. The Hall–Kier alpha value is -1.14. The molecule has 5 nitrogen and oxygen atoms in total. The molecule has 0 saturated carbocycles. The van der Waals surface area contributed by atoms with Gasteiger partial charge in [-0.15, -0.1) is 0 Å². The number of hydrogen-bond donors (Lipinski definition) is 1. The summed E-state index contributed by atoms with van der Waals surface area (Å²) in [6.07, 6.45) is 0.598. The normalized spacial score (nSPS) is 21.1. The van der Waals surface area contributed by atoms with Crippen LogP contribution < -0.4 is 5.32 Å². The van der Waals surface area contributed by atoms with E-state index in [1.165, 1.54) is 0 Å². The lowest BCUT2D eigenvalue weighted by Crippen LogP contribution is -2.34. The minimum Gasteiger partial charge on any atom is -0.346 e. The third-order valence-corrected chi connectivity index (χ3v) is 5.85. The molecule has 0 spiro atoms. The van der Waals surface area contributed by atoms with Gasteiger partial charge in [-0.3, -0.25) is 4.79 Å². The topological polar surface area (TPSA) is 68.2 Å². The Morgan fingerprint density at radius 2 is 2.10 bits per heavy atom. The van der Waals surface area contributed by atoms with E-state index in [4.69, 9.17) is 0 Å². The fourth-order valence-electron chi connectivity index (χ4n) is 3.14. The van der Waals surface area contributed by atoms with Crippen molar-refractivity contribution in [1.29, 1.82) is 0 Å². The molecule has 0 amide bonds. The van der Waals surface area contributed by atoms with Crippen molar-refractivity contribution >= 4 is 15.6 Å². The summed E-state index contributed by atoms with van der Waals surface area (Å²) in [7, 11) is -2.91. The molecule has 1 atom stereocenters. The van der Waals surface area contributed by atoms with Gasteiger partial charge in [0.15, 0.2) is 15.6 Å². The minimum atomic E-state index is -2.91. The number of aryl methyl sites for hydroxylation is 1. The molecule has 2 heterocycles. The number of carbonyl (C=O) groups is 1. The number of nitrogens with one attached hydrogen (secondary N) is 1. The maximum atomic E-state index is 12.3. The van der Waals surface area contributed by atoms with E-state index >= 15 is 0 Å². The van der Waals surface area contributed by atoms with E-state index in [-0.39, 0.29) is 29.9 Å². The Kier molecular flexibility index (Phi) is 4.58. The summed E-state index contributed by atoms with van der Waals surface area (Å²) in [4.78, 5) is 12.3. The van der Waals surface area contributed by atoms with Crippen molar-refractivity contribution in [3.05, 3.63) is 23.0 Å². The first-order valence-corrected chi connectivity index (χ1v) is 9.19. The van der Waals surface area contributed by atoms with Crippen LogP contribution in [0.1, 0.15) is 48.1 Å². The highest BCUT2D eigenvalue weighted by Gasteiger charge is 2.28. The van der Waals surface area contributed by atoms with E-state index < -0.39 is 9.84 Å². The molecule has 1 saturated heterocycles.